The average Bonchev–Trinajstić information content (AvgIpc) is 2.69. The van der Waals surface area contributed by atoms with E-state index in [4.69, 9.17) is 4.74 Å². The predicted molar refractivity (Wildman–Crippen MR) is 95.6 cm³/mol. The number of anilines is 1. The molecule has 2 aliphatic heterocycles. The van der Waals surface area contributed by atoms with E-state index in [1.165, 1.54) is 0 Å². The molecule has 2 N–H and O–H groups in total. The third-order valence-corrected chi connectivity index (χ3v) is 4.87. The number of aromatic nitrogens is 1. The molecule has 0 aromatic carbocycles. The number of nitrogens with one attached hydrogen (secondary N) is 1. The van der Waals surface area contributed by atoms with Crippen molar-refractivity contribution in [3.8, 4) is 0 Å². The van der Waals surface area contributed by atoms with E-state index in [9.17, 15) is 14.7 Å². The van der Waals surface area contributed by atoms with Crippen LogP contribution in [-0.2, 0) is 14.3 Å². The Kier molecular flexibility index (Phi) is 6.35. The Bertz CT molecular complexity index is 648. The molecule has 2 aliphatic rings. The summed E-state index contributed by atoms with van der Waals surface area (Å²) < 4.78 is 6.06. The molecule has 0 bridgehead atoms. The number of hydrogen-bond donors (Lipinski definition) is 2. The van der Waals surface area contributed by atoms with Gasteiger partial charge in [-0.1, -0.05) is 0 Å². The van der Waals surface area contributed by atoms with Gasteiger partial charge in [-0.05, 0) is 38.1 Å². The molecule has 1 atom stereocenters. The van der Waals surface area contributed by atoms with Gasteiger partial charge < -0.3 is 20.1 Å². The Morgan fingerprint density at radius 2 is 1.88 bits per heavy atom. The number of nitrogens with zero attached hydrogens (tertiary/aromatic N) is 3. The number of pyridine rings is 1. The minimum absolute atomic E-state index is 0.0535. The standard InChI is InChI=1S/C18H24N4O4/c23-13-16(18(24)25)17(26-15-3-7-20-8-4-15)22-11-9-21(10-12-22)14-1-5-19-6-2-14/h1-2,5-6,15,17,20H,3-4,7-12H2,(H,24,25). The molecule has 140 valence electrons. The molecule has 1 aromatic rings. The minimum atomic E-state index is -1.27. The van der Waals surface area contributed by atoms with Crippen LogP contribution in [0, 0.1) is 0 Å². The van der Waals surface area contributed by atoms with Crippen molar-refractivity contribution >= 4 is 17.6 Å². The van der Waals surface area contributed by atoms with Crippen molar-refractivity contribution in [3.63, 3.8) is 0 Å². The van der Waals surface area contributed by atoms with Gasteiger partial charge in [-0.2, -0.15) is 0 Å². The van der Waals surface area contributed by atoms with Gasteiger partial charge in [0.25, 0.3) is 0 Å². The molecule has 0 spiro atoms. The number of carbonyl (C=O) groups excluding carboxylic acids is 1. The summed E-state index contributed by atoms with van der Waals surface area (Å²) in [4.78, 5) is 31.0. The van der Waals surface area contributed by atoms with E-state index in [-0.39, 0.29) is 11.7 Å². The van der Waals surface area contributed by atoms with Crippen LogP contribution in [0.15, 0.2) is 30.1 Å². The maximum atomic E-state index is 11.5. The lowest BCUT2D eigenvalue weighted by atomic mass is 10.1. The number of ether oxygens (including phenoxy) is 1. The van der Waals surface area contributed by atoms with Crippen molar-refractivity contribution in [2.45, 2.75) is 25.2 Å². The first-order valence-electron chi connectivity index (χ1n) is 8.92. The molecule has 0 saturated carbocycles. The van der Waals surface area contributed by atoms with Crippen LogP contribution in [0.1, 0.15) is 12.8 Å². The fourth-order valence-electron chi connectivity index (χ4n) is 3.42. The molecule has 2 saturated heterocycles. The van der Waals surface area contributed by atoms with E-state index in [1.807, 2.05) is 17.0 Å². The first-order valence-corrected chi connectivity index (χ1v) is 8.92. The summed E-state index contributed by atoms with van der Waals surface area (Å²) in [6.07, 6.45) is 4.21. The van der Waals surface area contributed by atoms with Crippen molar-refractivity contribution in [2.24, 2.45) is 0 Å². The lowest BCUT2D eigenvalue weighted by molar-refractivity contribution is -0.139. The quantitative estimate of drug-likeness (QED) is 0.547. The van der Waals surface area contributed by atoms with Gasteiger partial charge >= 0.3 is 5.97 Å². The maximum absolute atomic E-state index is 11.5. The van der Waals surface area contributed by atoms with Crippen molar-refractivity contribution in [1.82, 2.24) is 15.2 Å². The van der Waals surface area contributed by atoms with Crippen molar-refractivity contribution in [1.29, 1.82) is 0 Å². The number of piperidine rings is 1. The van der Waals surface area contributed by atoms with E-state index in [0.717, 1.165) is 44.7 Å². The highest BCUT2D eigenvalue weighted by molar-refractivity contribution is 5.96. The lowest BCUT2D eigenvalue weighted by Gasteiger charge is -2.41. The normalized spacial score (nSPS) is 20.4. The summed E-state index contributed by atoms with van der Waals surface area (Å²) in [7, 11) is 0. The molecule has 2 fully saturated rings. The third kappa shape index (κ3) is 4.47. The van der Waals surface area contributed by atoms with Crippen LogP contribution in [0.3, 0.4) is 0 Å². The van der Waals surface area contributed by atoms with Crippen molar-refractivity contribution in [2.75, 3.05) is 44.2 Å². The summed E-state index contributed by atoms with van der Waals surface area (Å²) in [6, 6.07) is 3.90. The van der Waals surface area contributed by atoms with Crippen LogP contribution in [0.2, 0.25) is 0 Å². The number of hydrogen-bond acceptors (Lipinski definition) is 7. The highest BCUT2D eigenvalue weighted by atomic mass is 16.5. The zero-order valence-corrected chi connectivity index (χ0v) is 14.6. The van der Waals surface area contributed by atoms with E-state index in [2.05, 4.69) is 15.2 Å². The Hall–Kier alpha value is -2.25. The topological polar surface area (TPSA) is 95.0 Å². The zero-order chi connectivity index (χ0) is 18.4. The molecule has 0 amide bonds. The number of piperazine rings is 1. The van der Waals surface area contributed by atoms with Gasteiger partial charge in [-0.25, -0.2) is 9.59 Å². The minimum Gasteiger partial charge on any atom is -0.477 e. The van der Waals surface area contributed by atoms with E-state index >= 15 is 0 Å². The van der Waals surface area contributed by atoms with Crippen LogP contribution >= 0.6 is 0 Å². The van der Waals surface area contributed by atoms with E-state index < -0.39 is 12.2 Å². The van der Waals surface area contributed by atoms with Crippen molar-refractivity contribution in [3.05, 3.63) is 30.1 Å². The van der Waals surface area contributed by atoms with Gasteiger partial charge in [0.2, 0.25) is 0 Å². The van der Waals surface area contributed by atoms with Crippen LogP contribution in [0.4, 0.5) is 5.69 Å². The predicted octanol–water partition coefficient (Wildman–Crippen LogP) is 0.141. The molecule has 8 nitrogen and oxygen atoms in total. The highest BCUT2D eigenvalue weighted by Crippen LogP contribution is 2.21. The Labute approximate surface area is 152 Å². The summed E-state index contributed by atoms with van der Waals surface area (Å²) in [5, 5.41) is 12.6. The molecule has 3 rings (SSSR count). The van der Waals surface area contributed by atoms with Crippen LogP contribution in [0.5, 0.6) is 0 Å². The molecule has 26 heavy (non-hydrogen) atoms. The van der Waals surface area contributed by atoms with E-state index in [1.54, 1.807) is 18.3 Å². The van der Waals surface area contributed by atoms with Gasteiger partial charge in [-0.15, -0.1) is 0 Å². The zero-order valence-electron chi connectivity index (χ0n) is 14.6. The molecule has 3 heterocycles. The first kappa shape index (κ1) is 18.5. The SMILES string of the molecule is O=C=C(C(=O)O)C(OC1CCNCC1)N1CCN(c2ccncc2)CC1. The Balaban J connectivity index is 1.68. The molecule has 8 heteroatoms. The molecule has 1 aromatic heterocycles. The van der Waals surface area contributed by atoms with Crippen molar-refractivity contribution < 1.29 is 19.4 Å². The van der Waals surface area contributed by atoms with Gasteiger partial charge in [-0.3, -0.25) is 9.88 Å². The number of aliphatic carboxylic acids is 1. The van der Waals surface area contributed by atoms with Crippen LogP contribution in [-0.4, -0.2) is 78.5 Å². The van der Waals surface area contributed by atoms with Gasteiger partial charge in [0.05, 0.1) is 6.10 Å². The second kappa shape index (κ2) is 8.91. The summed E-state index contributed by atoms with van der Waals surface area (Å²) in [5.41, 5.74) is 0.737. The smallest absolute Gasteiger partial charge is 0.346 e. The largest absolute Gasteiger partial charge is 0.477 e. The molecular weight excluding hydrogens is 336 g/mol. The Morgan fingerprint density at radius 3 is 2.46 bits per heavy atom. The number of rotatable bonds is 6. The monoisotopic (exact) mass is 360 g/mol. The molecular formula is C18H24N4O4. The Morgan fingerprint density at radius 1 is 1.23 bits per heavy atom. The van der Waals surface area contributed by atoms with Gasteiger partial charge in [0, 0.05) is 44.3 Å². The van der Waals surface area contributed by atoms with Crippen LogP contribution in [0.25, 0.3) is 0 Å². The molecule has 1 unspecified atom stereocenters. The number of carboxylic acids is 1. The molecule has 0 aliphatic carbocycles. The number of carbonyl (C=O) groups is 1. The molecule has 0 radical (unpaired) electrons. The number of carboxylic acid groups (broad SMARTS) is 1. The summed E-state index contributed by atoms with van der Waals surface area (Å²) in [6.45, 7) is 4.33. The lowest BCUT2D eigenvalue weighted by Crippen LogP contribution is -2.53. The average molecular weight is 360 g/mol. The summed E-state index contributed by atoms with van der Waals surface area (Å²) in [5.74, 6) is 0.326. The van der Waals surface area contributed by atoms with Gasteiger partial charge in [0.15, 0.2) is 11.8 Å². The first-order chi connectivity index (χ1) is 12.7. The second-order valence-electron chi connectivity index (χ2n) is 6.49. The maximum Gasteiger partial charge on any atom is 0.346 e. The fraction of sp³-hybridized carbons (Fsp3) is 0.556. The van der Waals surface area contributed by atoms with Gasteiger partial charge in [0.1, 0.15) is 5.94 Å². The van der Waals surface area contributed by atoms with Crippen LogP contribution < -0.4 is 10.2 Å². The third-order valence-electron chi connectivity index (χ3n) is 4.87. The summed E-state index contributed by atoms with van der Waals surface area (Å²) >= 11 is 0. The van der Waals surface area contributed by atoms with E-state index in [0.29, 0.717) is 13.1 Å². The highest BCUT2D eigenvalue weighted by Gasteiger charge is 2.34. The fourth-order valence-corrected chi connectivity index (χ4v) is 3.42. The second-order valence-corrected chi connectivity index (χ2v) is 6.49.